The van der Waals surface area contributed by atoms with Gasteiger partial charge in [0.1, 0.15) is 11.5 Å². The van der Waals surface area contributed by atoms with Crippen LogP contribution in [0.5, 0.6) is 23.0 Å². The van der Waals surface area contributed by atoms with Crippen LogP contribution in [0.3, 0.4) is 0 Å². The van der Waals surface area contributed by atoms with Crippen molar-refractivity contribution in [1.82, 2.24) is 0 Å². The highest BCUT2D eigenvalue weighted by Crippen LogP contribution is 2.36. The highest BCUT2D eigenvalue weighted by atomic mass is 32.2. The lowest BCUT2D eigenvalue weighted by molar-refractivity contribution is -0.143. The van der Waals surface area contributed by atoms with Crippen LogP contribution in [0, 0.1) is 0 Å². The SMILES string of the molecule is CCOC(=O)CC(Cc1cc(OC)c(OC)cc1Cc1ccc(OS(C)(=O)=O)cc1)c1ccc(OC)cc1. The lowest BCUT2D eigenvalue weighted by Gasteiger charge is -2.21. The van der Waals surface area contributed by atoms with E-state index < -0.39 is 10.1 Å². The summed E-state index contributed by atoms with van der Waals surface area (Å²) in [6.07, 6.45) is 2.32. The van der Waals surface area contributed by atoms with Gasteiger partial charge in [0.2, 0.25) is 0 Å². The normalized spacial score (nSPS) is 11.9. The molecule has 1 atom stereocenters. The molecular weight excluding hydrogens is 508 g/mol. The van der Waals surface area contributed by atoms with Gasteiger partial charge < -0.3 is 23.1 Å². The smallest absolute Gasteiger partial charge is 0.306 e. The topological polar surface area (TPSA) is 97.4 Å². The molecule has 3 rings (SSSR count). The molecule has 0 saturated heterocycles. The average Bonchev–Trinajstić information content (AvgIpc) is 2.89. The van der Waals surface area contributed by atoms with Crippen molar-refractivity contribution >= 4 is 16.1 Å². The first-order valence-electron chi connectivity index (χ1n) is 12.2. The number of hydrogen-bond acceptors (Lipinski definition) is 8. The van der Waals surface area contributed by atoms with Gasteiger partial charge in [-0.25, -0.2) is 0 Å². The molecule has 204 valence electrons. The highest BCUT2D eigenvalue weighted by molar-refractivity contribution is 7.86. The molecule has 0 heterocycles. The second-order valence-electron chi connectivity index (χ2n) is 8.77. The van der Waals surface area contributed by atoms with E-state index in [1.54, 1.807) is 40.4 Å². The molecule has 9 heteroatoms. The van der Waals surface area contributed by atoms with Gasteiger partial charge in [0.05, 0.1) is 40.6 Å². The molecule has 0 aliphatic heterocycles. The van der Waals surface area contributed by atoms with Gasteiger partial charge in [-0.3, -0.25) is 4.79 Å². The van der Waals surface area contributed by atoms with E-state index >= 15 is 0 Å². The minimum Gasteiger partial charge on any atom is -0.497 e. The molecule has 0 radical (unpaired) electrons. The molecule has 0 aliphatic rings. The maximum Gasteiger partial charge on any atom is 0.306 e. The Bertz CT molecular complexity index is 1320. The number of rotatable bonds is 13. The Balaban J connectivity index is 1.98. The maximum atomic E-state index is 12.5. The van der Waals surface area contributed by atoms with Crippen LogP contribution in [0.1, 0.15) is 41.5 Å². The molecule has 1 unspecified atom stereocenters. The molecule has 38 heavy (non-hydrogen) atoms. The van der Waals surface area contributed by atoms with Gasteiger partial charge >= 0.3 is 16.1 Å². The Labute approximate surface area is 224 Å². The van der Waals surface area contributed by atoms with Crippen molar-refractivity contribution in [2.24, 2.45) is 0 Å². The summed E-state index contributed by atoms with van der Waals surface area (Å²) < 4.78 is 49.5. The molecule has 0 amide bonds. The largest absolute Gasteiger partial charge is 0.497 e. The standard InChI is InChI=1S/C29H34O8S/c1-6-36-29(30)19-24(21-9-13-25(33-2)14-10-21)16-23-18-28(35-4)27(34-3)17-22(23)15-20-7-11-26(12-8-20)37-38(5,31)32/h7-14,17-18,24H,6,15-16,19H2,1-5H3. The summed E-state index contributed by atoms with van der Waals surface area (Å²) in [5.74, 6) is 1.75. The quantitative estimate of drug-likeness (QED) is 0.222. The van der Waals surface area contributed by atoms with Crippen molar-refractivity contribution in [3.05, 3.63) is 82.9 Å². The van der Waals surface area contributed by atoms with E-state index in [1.165, 1.54) is 0 Å². The Morgan fingerprint density at radius 2 is 1.39 bits per heavy atom. The maximum absolute atomic E-state index is 12.5. The minimum absolute atomic E-state index is 0.151. The molecule has 0 spiro atoms. The average molecular weight is 543 g/mol. The van der Waals surface area contributed by atoms with E-state index in [0.29, 0.717) is 30.9 Å². The summed E-state index contributed by atoms with van der Waals surface area (Å²) >= 11 is 0. The molecule has 3 aromatic carbocycles. The Morgan fingerprint density at radius 3 is 1.92 bits per heavy atom. The molecule has 0 aromatic heterocycles. The molecule has 0 fully saturated rings. The highest BCUT2D eigenvalue weighted by Gasteiger charge is 2.21. The second-order valence-corrected chi connectivity index (χ2v) is 10.3. The second kappa shape index (κ2) is 13.2. The molecule has 0 aliphatic carbocycles. The third-order valence-corrected chi connectivity index (χ3v) is 6.54. The fraction of sp³-hybridized carbons (Fsp3) is 0.345. The summed E-state index contributed by atoms with van der Waals surface area (Å²) in [6, 6.07) is 18.4. The van der Waals surface area contributed by atoms with Crippen molar-refractivity contribution in [2.75, 3.05) is 34.2 Å². The van der Waals surface area contributed by atoms with E-state index in [2.05, 4.69) is 0 Å². The first-order chi connectivity index (χ1) is 18.1. The van der Waals surface area contributed by atoms with Crippen molar-refractivity contribution in [2.45, 2.75) is 32.1 Å². The van der Waals surface area contributed by atoms with Crippen LogP contribution in [-0.2, 0) is 32.5 Å². The van der Waals surface area contributed by atoms with Gasteiger partial charge in [-0.15, -0.1) is 0 Å². The van der Waals surface area contributed by atoms with Crippen LogP contribution in [0.4, 0.5) is 0 Å². The Morgan fingerprint density at radius 1 is 0.816 bits per heavy atom. The summed E-state index contributed by atoms with van der Waals surface area (Å²) in [5, 5.41) is 0. The van der Waals surface area contributed by atoms with Gasteiger partial charge in [0, 0.05) is 0 Å². The summed E-state index contributed by atoms with van der Waals surface area (Å²) in [6.45, 7) is 2.10. The fourth-order valence-electron chi connectivity index (χ4n) is 4.25. The molecule has 0 bridgehead atoms. The van der Waals surface area contributed by atoms with Crippen LogP contribution in [0.25, 0.3) is 0 Å². The fourth-order valence-corrected chi connectivity index (χ4v) is 4.71. The monoisotopic (exact) mass is 542 g/mol. The zero-order valence-corrected chi connectivity index (χ0v) is 23.2. The number of carbonyl (C=O) groups excluding carboxylic acids is 1. The summed E-state index contributed by atoms with van der Waals surface area (Å²) in [7, 11) is 1.17. The van der Waals surface area contributed by atoms with Crippen LogP contribution in [0.15, 0.2) is 60.7 Å². The van der Waals surface area contributed by atoms with Crippen LogP contribution < -0.4 is 18.4 Å². The molecule has 0 saturated carbocycles. The minimum atomic E-state index is -3.61. The first kappa shape index (κ1) is 28.8. The van der Waals surface area contributed by atoms with Gasteiger partial charge in [0.25, 0.3) is 0 Å². The van der Waals surface area contributed by atoms with Crippen molar-refractivity contribution < 1.29 is 36.3 Å². The molecule has 0 N–H and O–H groups in total. The number of hydrogen-bond donors (Lipinski definition) is 0. The van der Waals surface area contributed by atoms with E-state index in [0.717, 1.165) is 34.3 Å². The van der Waals surface area contributed by atoms with E-state index in [4.69, 9.17) is 23.1 Å². The number of benzene rings is 3. The third-order valence-electron chi connectivity index (χ3n) is 6.04. The zero-order valence-electron chi connectivity index (χ0n) is 22.4. The van der Waals surface area contributed by atoms with E-state index in [1.807, 2.05) is 48.5 Å². The zero-order chi connectivity index (χ0) is 27.7. The predicted molar refractivity (Wildman–Crippen MR) is 145 cm³/mol. The third kappa shape index (κ3) is 8.14. The number of esters is 1. The van der Waals surface area contributed by atoms with E-state index in [9.17, 15) is 13.2 Å². The van der Waals surface area contributed by atoms with Gasteiger partial charge in [-0.2, -0.15) is 8.42 Å². The lowest BCUT2D eigenvalue weighted by Crippen LogP contribution is -2.14. The van der Waals surface area contributed by atoms with Crippen LogP contribution in [-0.4, -0.2) is 48.6 Å². The van der Waals surface area contributed by atoms with Crippen molar-refractivity contribution in [3.8, 4) is 23.0 Å². The van der Waals surface area contributed by atoms with Crippen LogP contribution in [0.2, 0.25) is 0 Å². The first-order valence-corrected chi connectivity index (χ1v) is 14.0. The Kier molecular flexibility index (Phi) is 10.0. The number of carbonyl (C=O) groups is 1. The summed E-state index contributed by atoms with van der Waals surface area (Å²) in [5.41, 5.74) is 3.92. The number of ether oxygens (including phenoxy) is 4. The summed E-state index contributed by atoms with van der Waals surface area (Å²) in [4.78, 5) is 12.5. The molecule has 8 nitrogen and oxygen atoms in total. The van der Waals surface area contributed by atoms with E-state index in [-0.39, 0.29) is 24.1 Å². The van der Waals surface area contributed by atoms with Crippen LogP contribution >= 0.6 is 0 Å². The van der Waals surface area contributed by atoms with Gasteiger partial charge in [0.15, 0.2) is 11.5 Å². The van der Waals surface area contributed by atoms with Gasteiger partial charge in [-0.05, 0) is 84.3 Å². The predicted octanol–water partition coefficient (Wildman–Crippen LogP) is 4.92. The number of methoxy groups -OCH3 is 3. The van der Waals surface area contributed by atoms with Crippen molar-refractivity contribution in [3.63, 3.8) is 0 Å². The molecule has 3 aromatic rings. The van der Waals surface area contributed by atoms with Crippen molar-refractivity contribution in [1.29, 1.82) is 0 Å². The Hall–Kier alpha value is -3.72. The lowest BCUT2D eigenvalue weighted by atomic mass is 9.86. The molecular formula is C29H34O8S. The van der Waals surface area contributed by atoms with Gasteiger partial charge in [-0.1, -0.05) is 24.3 Å².